The van der Waals surface area contributed by atoms with Gasteiger partial charge in [-0.1, -0.05) is 30.3 Å². The van der Waals surface area contributed by atoms with Gasteiger partial charge < -0.3 is 14.4 Å². The van der Waals surface area contributed by atoms with Crippen molar-refractivity contribution < 1.29 is 32.6 Å². The van der Waals surface area contributed by atoms with Crippen LogP contribution in [0.2, 0.25) is 0 Å². The van der Waals surface area contributed by atoms with E-state index in [1.807, 2.05) is 30.3 Å². The van der Waals surface area contributed by atoms with Crippen LogP contribution in [0.1, 0.15) is 27.3 Å². The fourth-order valence-corrected chi connectivity index (χ4v) is 3.34. The fraction of sp³-hybridized carbons (Fsp3) is 0.250. The molecular formula is C24H23F2N3O5. The number of hydrogen-bond donors (Lipinski definition) is 0. The van der Waals surface area contributed by atoms with Crippen LogP contribution in [0.25, 0.3) is 5.69 Å². The van der Waals surface area contributed by atoms with Gasteiger partial charge >= 0.3 is 12.6 Å². The largest absolute Gasteiger partial charge is 0.450 e. The highest BCUT2D eigenvalue weighted by Gasteiger charge is 2.27. The Bertz CT molecular complexity index is 1180. The van der Waals surface area contributed by atoms with Gasteiger partial charge in [0.25, 0.3) is 11.7 Å². The van der Waals surface area contributed by atoms with Crippen molar-refractivity contribution in [1.29, 1.82) is 0 Å². The van der Waals surface area contributed by atoms with Crippen LogP contribution in [0.15, 0.2) is 54.6 Å². The number of ketones is 1. The second-order valence-electron chi connectivity index (χ2n) is 7.47. The van der Waals surface area contributed by atoms with E-state index in [1.165, 1.54) is 36.2 Å². The predicted molar refractivity (Wildman–Crippen MR) is 118 cm³/mol. The van der Waals surface area contributed by atoms with Crippen LogP contribution in [0.3, 0.4) is 0 Å². The molecule has 1 amide bonds. The van der Waals surface area contributed by atoms with E-state index < -0.39 is 30.9 Å². The summed E-state index contributed by atoms with van der Waals surface area (Å²) in [7, 11) is 1.49. The van der Waals surface area contributed by atoms with Crippen LogP contribution in [-0.4, -0.2) is 52.6 Å². The Morgan fingerprint density at radius 2 is 1.68 bits per heavy atom. The van der Waals surface area contributed by atoms with Crippen molar-refractivity contribution >= 4 is 17.7 Å². The van der Waals surface area contributed by atoms with E-state index in [2.05, 4.69) is 9.84 Å². The predicted octanol–water partition coefficient (Wildman–Crippen LogP) is 3.48. The number of hydrogen-bond acceptors (Lipinski definition) is 6. The molecule has 3 rings (SSSR count). The van der Waals surface area contributed by atoms with E-state index in [-0.39, 0.29) is 17.9 Å². The molecule has 1 heterocycles. The molecule has 0 aliphatic carbocycles. The summed E-state index contributed by atoms with van der Waals surface area (Å²) in [5.41, 5.74) is 2.36. The standard InChI is InChI=1S/C24H23F2N3O5/c1-15-21(16(2)29(27-15)18-7-5-4-6-8-18)22(31)23(32)33-14-20(30)28(3)13-17-9-11-19(12-10-17)34-24(25)26/h4-12,24H,13-14H2,1-3H3. The average Bonchev–Trinajstić information content (AvgIpc) is 3.11. The van der Waals surface area contributed by atoms with Crippen molar-refractivity contribution in [3.63, 3.8) is 0 Å². The maximum Gasteiger partial charge on any atom is 0.387 e. The van der Waals surface area contributed by atoms with E-state index in [0.717, 1.165) is 5.69 Å². The molecule has 3 aromatic rings. The van der Waals surface area contributed by atoms with E-state index >= 15 is 0 Å². The van der Waals surface area contributed by atoms with Crippen molar-refractivity contribution in [1.82, 2.24) is 14.7 Å². The van der Waals surface area contributed by atoms with Crippen molar-refractivity contribution in [2.45, 2.75) is 27.0 Å². The summed E-state index contributed by atoms with van der Waals surface area (Å²) in [6, 6.07) is 14.9. The van der Waals surface area contributed by atoms with Gasteiger partial charge in [0.2, 0.25) is 0 Å². The van der Waals surface area contributed by atoms with Crippen molar-refractivity contribution in [2.24, 2.45) is 0 Å². The lowest BCUT2D eigenvalue weighted by Crippen LogP contribution is -2.32. The number of alkyl halides is 2. The first-order chi connectivity index (χ1) is 16.2. The lowest BCUT2D eigenvalue weighted by atomic mass is 10.1. The maximum atomic E-state index is 12.7. The van der Waals surface area contributed by atoms with Crippen LogP contribution in [-0.2, 0) is 20.9 Å². The van der Waals surface area contributed by atoms with Crippen molar-refractivity contribution in [2.75, 3.05) is 13.7 Å². The molecule has 0 aliphatic rings. The molecule has 0 saturated carbocycles. The Balaban J connectivity index is 1.58. The van der Waals surface area contributed by atoms with Gasteiger partial charge in [0, 0.05) is 13.6 Å². The van der Waals surface area contributed by atoms with E-state index in [4.69, 9.17) is 4.74 Å². The molecule has 0 N–H and O–H groups in total. The van der Waals surface area contributed by atoms with Crippen LogP contribution < -0.4 is 4.74 Å². The molecule has 0 radical (unpaired) electrons. The summed E-state index contributed by atoms with van der Waals surface area (Å²) >= 11 is 0. The number of nitrogens with zero attached hydrogens (tertiary/aromatic N) is 3. The highest BCUT2D eigenvalue weighted by Crippen LogP contribution is 2.19. The van der Waals surface area contributed by atoms with Crippen LogP contribution in [0.5, 0.6) is 5.75 Å². The highest BCUT2D eigenvalue weighted by molar-refractivity contribution is 6.41. The number of aromatic nitrogens is 2. The summed E-state index contributed by atoms with van der Waals surface area (Å²) < 4.78 is 35.2. The smallest absolute Gasteiger partial charge is 0.387 e. The van der Waals surface area contributed by atoms with Crippen LogP contribution >= 0.6 is 0 Å². The Labute approximate surface area is 194 Å². The molecule has 2 aromatic carbocycles. The third kappa shape index (κ3) is 5.83. The minimum Gasteiger partial charge on any atom is -0.450 e. The van der Waals surface area contributed by atoms with Gasteiger partial charge in [-0.2, -0.15) is 13.9 Å². The summed E-state index contributed by atoms with van der Waals surface area (Å²) in [5.74, 6) is -2.58. The van der Waals surface area contributed by atoms with Gasteiger partial charge in [0.05, 0.1) is 22.6 Å². The lowest BCUT2D eigenvalue weighted by Gasteiger charge is -2.17. The molecule has 0 aliphatic heterocycles. The number of aryl methyl sites for hydroxylation is 1. The second-order valence-corrected chi connectivity index (χ2v) is 7.47. The molecule has 10 heteroatoms. The number of esters is 1. The number of para-hydroxylation sites is 1. The van der Waals surface area contributed by atoms with E-state index in [9.17, 15) is 23.2 Å². The molecular weight excluding hydrogens is 448 g/mol. The van der Waals surface area contributed by atoms with Gasteiger partial charge in [-0.25, -0.2) is 9.48 Å². The molecule has 8 nitrogen and oxygen atoms in total. The first kappa shape index (κ1) is 24.6. The molecule has 0 saturated heterocycles. The van der Waals surface area contributed by atoms with Crippen molar-refractivity contribution in [3.8, 4) is 11.4 Å². The topological polar surface area (TPSA) is 90.7 Å². The number of carbonyl (C=O) groups excluding carboxylic acids is 3. The number of halogens is 2. The third-order valence-electron chi connectivity index (χ3n) is 5.03. The zero-order chi connectivity index (χ0) is 24.8. The SMILES string of the molecule is Cc1nn(-c2ccccc2)c(C)c1C(=O)C(=O)OCC(=O)N(C)Cc1ccc(OC(F)F)cc1. The number of ether oxygens (including phenoxy) is 2. The summed E-state index contributed by atoms with van der Waals surface area (Å²) in [5, 5.41) is 4.34. The first-order valence-electron chi connectivity index (χ1n) is 10.3. The summed E-state index contributed by atoms with van der Waals surface area (Å²) in [6.07, 6.45) is 0. The monoisotopic (exact) mass is 471 g/mol. The average molecular weight is 471 g/mol. The zero-order valence-electron chi connectivity index (χ0n) is 18.8. The molecule has 0 fully saturated rings. The van der Waals surface area contributed by atoms with Gasteiger partial charge in [-0.15, -0.1) is 0 Å². The zero-order valence-corrected chi connectivity index (χ0v) is 18.8. The van der Waals surface area contributed by atoms with E-state index in [1.54, 1.807) is 18.5 Å². The maximum absolute atomic E-state index is 12.7. The number of Topliss-reactive ketones (excluding diaryl/α,β-unsaturated/α-hetero) is 1. The summed E-state index contributed by atoms with van der Waals surface area (Å²) in [6.45, 7) is -0.124. The number of amides is 1. The first-order valence-corrected chi connectivity index (χ1v) is 10.3. The second kappa shape index (κ2) is 10.7. The minimum atomic E-state index is -2.92. The number of benzene rings is 2. The molecule has 0 atom stereocenters. The van der Waals surface area contributed by atoms with E-state index in [0.29, 0.717) is 17.0 Å². The molecule has 1 aromatic heterocycles. The fourth-order valence-electron chi connectivity index (χ4n) is 3.34. The quantitative estimate of drug-likeness (QED) is 0.270. The highest BCUT2D eigenvalue weighted by atomic mass is 19.3. The van der Waals surface area contributed by atoms with Crippen LogP contribution in [0, 0.1) is 13.8 Å². The third-order valence-corrected chi connectivity index (χ3v) is 5.03. The van der Waals surface area contributed by atoms with Gasteiger partial charge in [0.1, 0.15) is 5.75 Å². The van der Waals surface area contributed by atoms with Gasteiger partial charge in [-0.05, 0) is 43.7 Å². The number of carbonyl (C=O) groups is 3. The number of rotatable bonds is 9. The van der Waals surface area contributed by atoms with Gasteiger partial charge in [0.15, 0.2) is 6.61 Å². The molecule has 0 unspecified atom stereocenters. The normalized spacial score (nSPS) is 10.8. The Morgan fingerprint density at radius 1 is 1.03 bits per heavy atom. The molecule has 0 spiro atoms. The van der Waals surface area contributed by atoms with Crippen LogP contribution in [0.4, 0.5) is 8.78 Å². The van der Waals surface area contributed by atoms with Crippen molar-refractivity contribution in [3.05, 3.63) is 77.1 Å². The lowest BCUT2D eigenvalue weighted by molar-refractivity contribution is -0.147. The molecule has 178 valence electrons. The minimum absolute atomic E-state index is 0.00125. The Hall–Kier alpha value is -4.08. The Morgan fingerprint density at radius 3 is 2.29 bits per heavy atom. The van der Waals surface area contributed by atoms with Gasteiger partial charge in [-0.3, -0.25) is 9.59 Å². The summed E-state index contributed by atoms with van der Waals surface area (Å²) in [4.78, 5) is 38.7. The molecule has 0 bridgehead atoms. The Kier molecular flexibility index (Phi) is 7.72. The number of likely N-dealkylation sites (N-methyl/N-ethyl adjacent to an activating group) is 1. The molecule has 34 heavy (non-hydrogen) atoms.